The maximum Gasteiger partial charge on any atom is 0.257 e. The SMILES string of the molecule is O=C(Nc1cc(F)cc(N2CCOCC2)c1)c1ccc(Cl)nc1. The van der Waals surface area contributed by atoms with Gasteiger partial charge in [-0.3, -0.25) is 4.79 Å². The van der Waals surface area contributed by atoms with Gasteiger partial charge in [0.2, 0.25) is 0 Å². The van der Waals surface area contributed by atoms with Crippen LogP contribution in [0.3, 0.4) is 0 Å². The third kappa shape index (κ3) is 3.97. The van der Waals surface area contributed by atoms with Crippen molar-refractivity contribution in [3.63, 3.8) is 0 Å². The van der Waals surface area contributed by atoms with Crippen molar-refractivity contribution in [1.29, 1.82) is 0 Å². The summed E-state index contributed by atoms with van der Waals surface area (Å²) in [5.41, 5.74) is 1.47. The molecule has 1 saturated heterocycles. The van der Waals surface area contributed by atoms with E-state index in [1.54, 1.807) is 12.1 Å². The number of rotatable bonds is 3. The molecule has 2 heterocycles. The van der Waals surface area contributed by atoms with E-state index in [0.29, 0.717) is 42.7 Å². The van der Waals surface area contributed by atoms with E-state index in [9.17, 15) is 9.18 Å². The Balaban J connectivity index is 1.78. The Morgan fingerprint density at radius 3 is 2.74 bits per heavy atom. The first-order valence-corrected chi connectivity index (χ1v) is 7.56. The van der Waals surface area contributed by atoms with Crippen LogP contribution in [-0.2, 0) is 4.74 Å². The van der Waals surface area contributed by atoms with E-state index in [2.05, 4.69) is 10.3 Å². The largest absolute Gasteiger partial charge is 0.378 e. The molecule has 1 aliphatic heterocycles. The van der Waals surface area contributed by atoms with Crippen LogP contribution >= 0.6 is 11.6 Å². The lowest BCUT2D eigenvalue weighted by Crippen LogP contribution is -2.36. The molecule has 0 aliphatic carbocycles. The number of hydrogen-bond acceptors (Lipinski definition) is 4. The Morgan fingerprint density at radius 1 is 1.26 bits per heavy atom. The summed E-state index contributed by atoms with van der Waals surface area (Å²) in [6, 6.07) is 7.57. The third-order valence-electron chi connectivity index (χ3n) is 3.51. The average molecular weight is 336 g/mol. The van der Waals surface area contributed by atoms with Crippen molar-refractivity contribution in [2.75, 3.05) is 36.5 Å². The predicted octanol–water partition coefficient (Wildman–Crippen LogP) is 2.96. The maximum absolute atomic E-state index is 13.8. The van der Waals surface area contributed by atoms with Crippen LogP contribution in [0.25, 0.3) is 0 Å². The van der Waals surface area contributed by atoms with Gasteiger partial charge in [-0.05, 0) is 30.3 Å². The van der Waals surface area contributed by atoms with E-state index in [1.165, 1.54) is 24.4 Å². The van der Waals surface area contributed by atoms with Crippen LogP contribution < -0.4 is 10.2 Å². The van der Waals surface area contributed by atoms with Crippen molar-refractivity contribution < 1.29 is 13.9 Å². The van der Waals surface area contributed by atoms with Gasteiger partial charge in [-0.15, -0.1) is 0 Å². The molecular formula is C16H15ClFN3O2. The fourth-order valence-electron chi connectivity index (χ4n) is 2.36. The molecule has 23 heavy (non-hydrogen) atoms. The summed E-state index contributed by atoms with van der Waals surface area (Å²) >= 11 is 5.70. The molecule has 7 heteroatoms. The number of amides is 1. The number of carbonyl (C=O) groups excluding carboxylic acids is 1. The second-order valence-electron chi connectivity index (χ2n) is 5.12. The monoisotopic (exact) mass is 335 g/mol. The lowest BCUT2D eigenvalue weighted by atomic mass is 10.2. The highest BCUT2D eigenvalue weighted by Crippen LogP contribution is 2.23. The molecule has 0 spiro atoms. The fraction of sp³-hybridized carbons (Fsp3) is 0.250. The van der Waals surface area contributed by atoms with E-state index in [1.807, 2.05) is 4.90 Å². The van der Waals surface area contributed by atoms with Crippen molar-refractivity contribution in [2.45, 2.75) is 0 Å². The van der Waals surface area contributed by atoms with Gasteiger partial charge < -0.3 is 15.0 Å². The normalized spacial score (nSPS) is 14.6. The van der Waals surface area contributed by atoms with Gasteiger partial charge in [0.25, 0.3) is 5.91 Å². The summed E-state index contributed by atoms with van der Waals surface area (Å²) in [5.74, 6) is -0.772. The quantitative estimate of drug-likeness (QED) is 0.876. The Kier molecular flexibility index (Phi) is 4.73. The number of morpholine rings is 1. The lowest BCUT2D eigenvalue weighted by Gasteiger charge is -2.29. The average Bonchev–Trinajstić information content (AvgIpc) is 2.55. The van der Waals surface area contributed by atoms with Crippen molar-refractivity contribution in [1.82, 2.24) is 4.98 Å². The molecule has 1 aliphatic rings. The fourth-order valence-corrected chi connectivity index (χ4v) is 2.48. The Morgan fingerprint density at radius 2 is 2.04 bits per heavy atom. The third-order valence-corrected chi connectivity index (χ3v) is 3.73. The summed E-state index contributed by atoms with van der Waals surface area (Å²) in [5, 5.41) is 2.99. The van der Waals surface area contributed by atoms with Gasteiger partial charge in [0.1, 0.15) is 11.0 Å². The maximum atomic E-state index is 13.8. The van der Waals surface area contributed by atoms with Crippen LogP contribution in [0.4, 0.5) is 15.8 Å². The van der Waals surface area contributed by atoms with Gasteiger partial charge in [0, 0.05) is 30.7 Å². The Hall–Kier alpha value is -2.18. The van der Waals surface area contributed by atoms with Crippen molar-refractivity contribution >= 4 is 28.9 Å². The standard InChI is InChI=1S/C16H15ClFN3O2/c17-15-2-1-11(10-19-15)16(22)20-13-7-12(18)8-14(9-13)21-3-5-23-6-4-21/h1-2,7-10H,3-6H2,(H,20,22). The molecule has 0 unspecified atom stereocenters. The molecule has 3 rings (SSSR count). The number of pyridine rings is 1. The molecule has 0 radical (unpaired) electrons. The minimum absolute atomic E-state index is 0.307. The summed E-state index contributed by atoms with van der Waals surface area (Å²) in [6.45, 7) is 2.60. The first kappa shape index (κ1) is 15.7. The van der Waals surface area contributed by atoms with Gasteiger partial charge in [-0.1, -0.05) is 11.6 Å². The van der Waals surface area contributed by atoms with E-state index in [4.69, 9.17) is 16.3 Å². The van der Waals surface area contributed by atoms with Gasteiger partial charge in [0.05, 0.1) is 18.8 Å². The molecule has 5 nitrogen and oxygen atoms in total. The second-order valence-corrected chi connectivity index (χ2v) is 5.51. The summed E-state index contributed by atoms with van der Waals surface area (Å²) < 4.78 is 19.1. The number of ether oxygens (including phenoxy) is 1. The molecule has 0 bridgehead atoms. The van der Waals surface area contributed by atoms with E-state index in [0.717, 1.165) is 5.69 Å². The molecule has 1 aromatic carbocycles. The zero-order valence-electron chi connectivity index (χ0n) is 12.3. The topological polar surface area (TPSA) is 54.5 Å². The highest BCUT2D eigenvalue weighted by atomic mass is 35.5. The predicted molar refractivity (Wildman–Crippen MR) is 86.6 cm³/mol. The number of nitrogens with one attached hydrogen (secondary N) is 1. The van der Waals surface area contributed by atoms with Crippen LogP contribution in [-0.4, -0.2) is 37.2 Å². The zero-order chi connectivity index (χ0) is 16.2. The lowest BCUT2D eigenvalue weighted by molar-refractivity contribution is 0.102. The second kappa shape index (κ2) is 6.93. The molecule has 1 amide bonds. The number of nitrogens with zero attached hydrogens (tertiary/aromatic N) is 2. The van der Waals surface area contributed by atoms with Crippen molar-refractivity contribution in [3.05, 3.63) is 53.1 Å². The smallest absolute Gasteiger partial charge is 0.257 e. The van der Waals surface area contributed by atoms with Gasteiger partial charge >= 0.3 is 0 Å². The van der Waals surface area contributed by atoms with Gasteiger partial charge in [-0.25, -0.2) is 9.37 Å². The highest BCUT2D eigenvalue weighted by Gasteiger charge is 2.14. The van der Waals surface area contributed by atoms with E-state index >= 15 is 0 Å². The molecule has 1 aromatic heterocycles. The van der Waals surface area contributed by atoms with Crippen molar-refractivity contribution in [2.24, 2.45) is 0 Å². The summed E-state index contributed by atoms with van der Waals surface area (Å²) in [4.78, 5) is 18.1. The minimum atomic E-state index is -0.404. The van der Waals surface area contributed by atoms with E-state index < -0.39 is 5.82 Å². The number of hydrogen-bond donors (Lipinski definition) is 1. The Labute approximate surface area is 138 Å². The molecule has 1 N–H and O–H groups in total. The highest BCUT2D eigenvalue weighted by molar-refractivity contribution is 6.29. The summed E-state index contributed by atoms with van der Waals surface area (Å²) in [6.07, 6.45) is 1.37. The Bertz CT molecular complexity index is 703. The number of carbonyl (C=O) groups is 1. The van der Waals surface area contributed by atoms with Crippen LogP contribution in [0, 0.1) is 5.82 Å². The van der Waals surface area contributed by atoms with Crippen LogP contribution in [0.15, 0.2) is 36.5 Å². The van der Waals surface area contributed by atoms with Crippen LogP contribution in [0.1, 0.15) is 10.4 Å². The van der Waals surface area contributed by atoms with Gasteiger partial charge in [-0.2, -0.15) is 0 Å². The van der Waals surface area contributed by atoms with Crippen LogP contribution in [0.5, 0.6) is 0 Å². The number of halogens is 2. The van der Waals surface area contributed by atoms with Crippen molar-refractivity contribution in [3.8, 4) is 0 Å². The first-order valence-electron chi connectivity index (χ1n) is 7.18. The number of anilines is 2. The molecular weight excluding hydrogens is 321 g/mol. The summed E-state index contributed by atoms with van der Waals surface area (Å²) in [7, 11) is 0. The first-order chi connectivity index (χ1) is 11.1. The zero-order valence-corrected chi connectivity index (χ0v) is 13.0. The molecule has 120 valence electrons. The molecule has 2 aromatic rings. The molecule has 0 saturated carbocycles. The van der Waals surface area contributed by atoms with Crippen LogP contribution in [0.2, 0.25) is 5.15 Å². The van der Waals surface area contributed by atoms with Gasteiger partial charge in [0.15, 0.2) is 0 Å². The molecule has 0 atom stereocenters. The number of benzene rings is 1. The minimum Gasteiger partial charge on any atom is -0.378 e. The number of aromatic nitrogens is 1. The molecule has 1 fully saturated rings. The van der Waals surface area contributed by atoms with E-state index in [-0.39, 0.29) is 5.91 Å².